The second kappa shape index (κ2) is 6.50. The molecule has 4 N–H and O–H groups in total. The summed E-state index contributed by atoms with van der Waals surface area (Å²) >= 11 is 0. The summed E-state index contributed by atoms with van der Waals surface area (Å²) in [5.74, 6) is 6.07. The number of aromatic nitrogens is 3. The van der Waals surface area contributed by atoms with Gasteiger partial charge in [-0.15, -0.1) is 0 Å². The van der Waals surface area contributed by atoms with Crippen LogP contribution in [0.15, 0.2) is 30.6 Å². The van der Waals surface area contributed by atoms with E-state index in [1.165, 1.54) is 6.33 Å². The van der Waals surface area contributed by atoms with Crippen LogP contribution in [0.5, 0.6) is 0 Å². The summed E-state index contributed by atoms with van der Waals surface area (Å²) in [6, 6.07) is 6.83. The van der Waals surface area contributed by atoms with Gasteiger partial charge in [-0.05, 0) is 25.1 Å². The molecule has 1 aromatic heterocycles. The van der Waals surface area contributed by atoms with E-state index in [0.29, 0.717) is 17.9 Å². The first-order valence-electron chi connectivity index (χ1n) is 6.16. The van der Waals surface area contributed by atoms with Crippen molar-refractivity contribution in [3.63, 3.8) is 0 Å². The SMILES string of the molecule is CC(NC(=O)c1cccc(C#CCN)c1)c1ncn[nH]1. The molecule has 20 heavy (non-hydrogen) atoms. The molecular weight excluding hydrogens is 254 g/mol. The maximum atomic E-state index is 12.1. The van der Waals surface area contributed by atoms with Crippen LogP contribution in [0.1, 0.15) is 34.7 Å². The Bertz CT molecular complexity index is 639. The van der Waals surface area contributed by atoms with Gasteiger partial charge in [0.15, 0.2) is 0 Å². The summed E-state index contributed by atoms with van der Waals surface area (Å²) in [6.07, 6.45) is 1.40. The lowest BCUT2D eigenvalue weighted by atomic mass is 10.1. The molecule has 0 fully saturated rings. The van der Waals surface area contributed by atoms with Crippen LogP contribution in [-0.4, -0.2) is 27.6 Å². The van der Waals surface area contributed by atoms with Gasteiger partial charge in [0.2, 0.25) is 0 Å². The Balaban J connectivity index is 2.09. The van der Waals surface area contributed by atoms with Crippen LogP contribution in [0.3, 0.4) is 0 Å². The van der Waals surface area contributed by atoms with Gasteiger partial charge < -0.3 is 11.1 Å². The van der Waals surface area contributed by atoms with E-state index < -0.39 is 0 Å². The summed E-state index contributed by atoms with van der Waals surface area (Å²) in [4.78, 5) is 16.1. The maximum Gasteiger partial charge on any atom is 0.251 e. The van der Waals surface area contributed by atoms with Gasteiger partial charge in [0.1, 0.15) is 12.2 Å². The predicted molar refractivity (Wildman–Crippen MR) is 74.6 cm³/mol. The van der Waals surface area contributed by atoms with Gasteiger partial charge in [-0.1, -0.05) is 17.9 Å². The van der Waals surface area contributed by atoms with E-state index in [9.17, 15) is 4.79 Å². The highest BCUT2D eigenvalue weighted by molar-refractivity contribution is 5.94. The van der Waals surface area contributed by atoms with Gasteiger partial charge in [0.25, 0.3) is 5.91 Å². The topological polar surface area (TPSA) is 96.7 Å². The highest BCUT2D eigenvalue weighted by Gasteiger charge is 2.13. The predicted octanol–water partition coefficient (Wildman–Crippen LogP) is 0.606. The van der Waals surface area contributed by atoms with Crippen LogP contribution in [-0.2, 0) is 0 Å². The number of hydrogen-bond acceptors (Lipinski definition) is 4. The largest absolute Gasteiger partial charge is 0.342 e. The minimum absolute atomic E-state index is 0.190. The number of amides is 1. The van der Waals surface area contributed by atoms with E-state index in [2.05, 4.69) is 32.3 Å². The smallest absolute Gasteiger partial charge is 0.251 e. The van der Waals surface area contributed by atoms with Crippen LogP contribution in [0, 0.1) is 11.8 Å². The quantitative estimate of drug-likeness (QED) is 0.711. The van der Waals surface area contributed by atoms with Crippen molar-refractivity contribution in [1.82, 2.24) is 20.5 Å². The second-order valence-electron chi connectivity index (χ2n) is 4.15. The lowest BCUT2D eigenvalue weighted by molar-refractivity contribution is 0.0938. The Morgan fingerprint density at radius 2 is 2.40 bits per heavy atom. The van der Waals surface area contributed by atoms with Crippen molar-refractivity contribution in [2.24, 2.45) is 5.73 Å². The van der Waals surface area contributed by atoms with Crippen molar-refractivity contribution in [2.45, 2.75) is 13.0 Å². The molecule has 6 nitrogen and oxygen atoms in total. The Kier molecular flexibility index (Phi) is 4.47. The van der Waals surface area contributed by atoms with E-state index in [-0.39, 0.29) is 11.9 Å². The number of nitrogens with two attached hydrogens (primary N) is 1. The third-order valence-electron chi connectivity index (χ3n) is 2.65. The zero-order valence-corrected chi connectivity index (χ0v) is 11.1. The third kappa shape index (κ3) is 3.43. The number of hydrogen-bond donors (Lipinski definition) is 3. The minimum atomic E-state index is -0.246. The maximum absolute atomic E-state index is 12.1. The fourth-order valence-corrected chi connectivity index (χ4v) is 1.66. The molecule has 0 bridgehead atoms. The molecule has 0 radical (unpaired) electrons. The molecule has 0 spiro atoms. The third-order valence-corrected chi connectivity index (χ3v) is 2.65. The first kappa shape index (κ1) is 13.8. The van der Waals surface area contributed by atoms with E-state index in [4.69, 9.17) is 5.73 Å². The first-order chi connectivity index (χ1) is 9.70. The van der Waals surface area contributed by atoms with Crippen LogP contribution in [0.2, 0.25) is 0 Å². The lowest BCUT2D eigenvalue weighted by Gasteiger charge is -2.11. The zero-order valence-electron chi connectivity index (χ0n) is 11.1. The molecule has 0 saturated heterocycles. The molecule has 0 aliphatic carbocycles. The molecule has 1 heterocycles. The molecule has 1 aromatic carbocycles. The van der Waals surface area contributed by atoms with Crippen molar-refractivity contribution in [3.05, 3.63) is 47.5 Å². The number of carbonyl (C=O) groups is 1. The highest BCUT2D eigenvalue weighted by atomic mass is 16.1. The molecule has 0 aliphatic rings. The summed E-state index contributed by atoms with van der Waals surface area (Å²) < 4.78 is 0. The van der Waals surface area contributed by atoms with E-state index >= 15 is 0 Å². The number of nitrogens with one attached hydrogen (secondary N) is 2. The normalized spacial score (nSPS) is 11.3. The Labute approximate surface area is 116 Å². The minimum Gasteiger partial charge on any atom is -0.342 e. The van der Waals surface area contributed by atoms with Gasteiger partial charge in [-0.3, -0.25) is 9.89 Å². The van der Waals surface area contributed by atoms with Gasteiger partial charge >= 0.3 is 0 Å². The molecule has 0 aliphatic heterocycles. The van der Waals surface area contributed by atoms with Crippen LogP contribution >= 0.6 is 0 Å². The standard InChI is InChI=1S/C14H15N5O/c1-10(13-16-9-17-19-13)18-14(20)12-6-2-4-11(8-12)5-3-7-15/h2,4,6,8-10H,7,15H2,1H3,(H,18,20)(H,16,17,19). The van der Waals surface area contributed by atoms with Gasteiger partial charge in [0.05, 0.1) is 12.6 Å². The van der Waals surface area contributed by atoms with Gasteiger partial charge in [-0.2, -0.15) is 5.10 Å². The monoisotopic (exact) mass is 269 g/mol. The van der Waals surface area contributed by atoms with Crippen LogP contribution in [0.4, 0.5) is 0 Å². The number of rotatable bonds is 3. The lowest BCUT2D eigenvalue weighted by Crippen LogP contribution is -2.27. The van der Waals surface area contributed by atoms with Crippen molar-refractivity contribution < 1.29 is 4.79 Å². The van der Waals surface area contributed by atoms with E-state index in [1.54, 1.807) is 18.2 Å². The molecule has 0 saturated carbocycles. The van der Waals surface area contributed by atoms with Crippen LogP contribution in [0.25, 0.3) is 0 Å². The number of aromatic amines is 1. The summed E-state index contributed by atoms with van der Waals surface area (Å²) in [5.41, 5.74) is 6.63. The van der Waals surface area contributed by atoms with E-state index in [0.717, 1.165) is 5.56 Å². The molecule has 1 amide bonds. The van der Waals surface area contributed by atoms with Gasteiger partial charge in [0, 0.05) is 11.1 Å². The van der Waals surface area contributed by atoms with Crippen molar-refractivity contribution in [2.75, 3.05) is 6.54 Å². The molecule has 6 heteroatoms. The Hall–Kier alpha value is -2.65. The zero-order chi connectivity index (χ0) is 14.4. The molecule has 2 rings (SSSR count). The van der Waals surface area contributed by atoms with Crippen molar-refractivity contribution in [1.29, 1.82) is 0 Å². The van der Waals surface area contributed by atoms with E-state index in [1.807, 2.05) is 13.0 Å². The average molecular weight is 269 g/mol. The number of nitrogens with zero attached hydrogens (tertiary/aromatic N) is 2. The first-order valence-corrected chi connectivity index (χ1v) is 6.16. The highest BCUT2D eigenvalue weighted by Crippen LogP contribution is 2.08. The summed E-state index contributed by atoms with van der Waals surface area (Å²) in [5, 5.41) is 9.31. The molecule has 1 atom stereocenters. The Morgan fingerprint density at radius 3 is 3.10 bits per heavy atom. The summed E-state index contributed by atoms with van der Waals surface area (Å²) in [6.45, 7) is 2.12. The number of H-pyrrole nitrogens is 1. The fourth-order valence-electron chi connectivity index (χ4n) is 1.66. The van der Waals surface area contributed by atoms with Crippen molar-refractivity contribution >= 4 is 5.91 Å². The number of carbonyl (C=O) groups excluding carboxylic acids is 1. The molecule has 2 aromatic rings. The average Bonchev–Trinajstić information content (AvgIpc) is 2.99. The van der Waals surface area contributed by atoms with Crippen molar-refractivity contribution in [3.8, 4) is 11.8 Å². The molecule has 1 unspecified atom stereocenters. The summed E-state index contributed by atoms with van der Waals surface area (Å²) in [7, 11) is 0. The van der Waals surface area contributed by atoms with Gasteiger partial charge in [-0.25, -0.2) is 4.98 Å². The molecular formula is C14H15N5O. The number of benzene rings is 1. The second-order valence-corrected chi connectivity index (χ2v) is 4.15. The Morgan fingerprint density at radius 1 is 1.55 bits per heavy atom. The fraction of sp³-hybridized carbons (Fsp3) is 0.214. The van der Waals surface area contributed by atoms with Crippen LogP contribution < -0.4 is 11.1 Å². The molecule has 102 valence electrons.